The molecule has 2 rings (SSSR count). The van der Waals surface area contributed by atoms with Crippen LogP contribution in [0.5, 0.6) is 0 Å². The van der Waals surface area contributed by atoms with Crippen molar-refractivity contribution in [1.82, 2.24) is 9.78 Å². The molecule has 0 bridgehead atoms. The lowest BCUT2D eigenvalue weighted by molar-refractivity contribution is -0.137. The molecule has 5 heteroatoms. The van der Waals surface area contributed by atoms with Gasteiger partial charge in [0, 0.05) is 18.8 Å². The van der Waals surface area contributed by atoms with E-state index < -0.39 is 5.97 Å². The molecule has 1 aliphatic rings. The second-order valence-electron chi connectivity index (χ2n) is 3.97. The van der Waals surface area contributed by atoms with Crippen LogP contribution in [0.2, 0.25) is 0 Å². The number of hydrogen-bond donors (Lipinski definition) is 1. The highest BCUT2D eigenvalue weighted by Crippen LogP contribution is 2.24. The van der Waals surface area contributed by atoms with Gasteiger partial charge in [-0.05, 0) is 19.8 Å². The van der Waals surface area contributed by atoms with Gasteiger partial charge in [0.1, 0.15) is 6.54 Å². The van der Waals surface area contributed by atoms with Gasteiger partial charge >= 0.3 is 5.97 Å². The minimum atomic E-state index is -0.862. The molecule has 5 nitrogen and oxygen atoms in total. The zero-order valence-electron chi connectivity index (χ0n) is 8.76. The number of aliphatic carboxylic acids is 1. The van der Waals surface area contributed by atoms with Crippen molar-refractivity contribution in [2.24, 2.45) is 0 Å². The number of hydrogen-bond acceptors (Lipinski definition) is 3. The average molecular weight is 209 g/mol. The molecule has 1 fully saturated rings. The number of carboxylic acids is 1. The Kier molecular flexibility index (Phi) is 2.62. The Hall–Kier alpha value is -1.52. The van der Waals surface area contributed by atoms with Crippen LogP contribution in [0.15, 0.2) is 12.4 Å². The van der Waals surface area contributed by atoms with Gasteiger partial charge in [-0.2, -0.15) is 5.10 Å². The van der Waals surface area contributed by atoms with Gasteiger partial charge in [-0.25, -0.2) is 0 Å². The van der Waals surface area contributed by atoms with Crippen LogP contribution in [-0.4, -0.2) is 33.4 Å². The summed E-state index contributed by atoms with van der Waals surface area (Å²) in [6, 6.07) is 0.535. The molecule has 15 heavy (non-hydrogen) atoms. The third-order valence-corrected chi connectivity index (χ3v) is 2.80. The second kappa shape index (κ2) is 3.92. The summed E-state index contributed by atoms with van der Waals surface area (Å²) in [5.41, 5.74) is 1.03. The molecule has 0 amide bonds. The summed E-state index contributed by atoms with van der Waals surface area (Å²) in [7, 11) is 0. The lowest BCUT2D eigenvalue weighted by Crippen LogP contribution is -2.25. The van der Waals surface area contributed by atoms with E-state index in [2.05, 4.69) is 16.9 Å². The quantitative estimate of drug-likeness (QED) is 0.805. The van der Waals surface area contributed by atoms with Crippen molar-refractivity contribution < 1.29 is 9.90 Å². The molecule has 0 aliphatic carbocycles. The first-order valence-corrected chi connectivity index (χ1v) is 5.17. The van der Waals surface area contributed by atoms with E-state index in [1.807, 2.05) is 0 Å². The van der Waals surface area contributed by atoms with Crippen LogP contribution >= 0.6 is 0 Å². The van der Waals surface area contributed by atoms with Gasteiger partial charge in [0.05, 0.1) is 11.9 Å². The molecule has 0 aromatic carbocycles. The first-order valence-electron chi connectivity index (χ1n) is 5.17. The van der Waals surface area contributed by atoms with E-state index in [9.17, 15) is 4.79 Å². The van der Waals surface area contributed by atoms with E-state index in [-0.39, 0.29) is 6.54 Å². The minimum Gasteiger partial charge on any atom is -0.480 e. The Morgan fingerprint density at radius 2 is 2.53 bits per heavy atom. The summed E-state index contributed by atoms with van der Waals surface area (Å²) in [5, 5.41) is 12.6. The summed E-state index contributed by atoms with van der Waals surface area (Å²) in [6.45, 7) is 3.16. The second-order valence-corrected chi connectivity index (χ2v) is 3.97. The number of anilines is 1. The standard InChI is InChI=1S/C10H15N3O2/c1-8-3-2-4-13(8)9-5-11-12(6-9)7-10(14)15/h5-6,8H,2-4,7H2,1H3,(H,14,15). The highest BCUT2D eigenvalue weighted by molar-refractivity contribution is 5.66. The van der Waals surface area contributed by atoms with Crippen LogP contribution in [0, 0.1) is 0 Å². The molecule has 1 atom stereocenters. The molecular formula is C10H15N3O2. The van der Waals surface area contributed by atoms with Gasteiger partial charge in [0.25, 0.3) is 0 Å². The predicted octanol–water partition coefficient (Wildman–Crippen LogP) is 0.956. The Balaban J connectivity index is 2.09. The highest BCUT2D eigenvalue weighted by atomic mass is 16.4. The molecule has 1 aliphatic heterocycles. The number of aromatic nitrogens is 2. The maximum Gasteiger partial charge on any atom is 0.325 e. The Morgan fingerprint density at radius 3 is 3.13 bits per heavy atom. The zero-order valence-corrected chi connectivity index (χ0v) is 8.76. The van der Waals surface area contributed by atoms with Crippen molar-refractivity contribution in [3.63, 3.8) is 0 Å². The number of carboxylic acid groups (broad SMARTS) is 1. The van der Waals surface area contributed by atoms with Gasteiger partial charge in [0.2, 0.25) is 0 Å². The minimum absolute atomic E-state index is 0.0672. The highest BCUT2D eigenvalue weighted by Gasteiger charge is 2.21. The maximum absolute atomic E-state index is 10.5. The van der Waals surface area contributed by atoms with Gasteiger partial charge in [-0.3, -0.25) is 9.48 Å². The maximum atomic E-state index is 10.5. The van der Waals surface area contributed by atoms with Crippen molar-refractivity contribution in [3.05, 3.63) is 12.4 Å². The fourth-order valence-corrected chi connectivity index (χ4v) is 2.04. The monoisotopic (exact) mass is 209 g/mol. The zero-order chi connectivity index (χ0) is 10.8. The van der Waals surface area contributed by atoms with Gasteiger partial charge in [-0.1, -0.05) is 0 Å². The van der Waals surface area contributed by atoms with E-state index in [1.165, 1.54) is 17.5 Å². The summed E-state index contributed by atoms with van der Waals surface area (Å²) in [4.78, 5) is 12.8. The van der Waals surface area contributed by atoms with Crippen LogP contribution in [0.25, 0.3) is 0 Å². The van der Waals surface area contributed by atoms with E-state index in [1.54, 1.807) is 12.4 Å². The smallest absolute Gasteiger partial charge is 0.325 e. The molecule has 0 spiro atoms. The van der Waals surface area contributed by atoms with Crippen LogP contribution < -0.4 is 4.90 Å². The van der Waals surface area contributed by atoms with Crippen molar-refractivity contribution in [1.29, 1.82) is 0 Å². The summed E-state index contributed by atoms with van der Waals surface area (Å²) in [5.74, 6) is -0.862. The molecule has 1 saturated heterocycles. The topological polar surface area (TPSA) is 58.4 Å². The van der Waals surface area contributed by atoms with Gasteiger partial charge in [0.15, 0.2) is 0 Å². The first-order chi connectivity index (χ1) is 7.16. The fourth-order valence-electron chi connectivity index (χ4n) is 2.04. The van der Waals surface area contributed by atoms with Gasteiger partial charge < -0.3 is 10.0 Å². The SMILES string of the molecule is CC1CCCN1c1cnn(CC(=O)O)c1. The molecule has 1 N–H and O–H groups in total. The van der Waals surface area contributed by atoms with Crippen LogP contribution in [0.1, 0.15) is 19.8 Å². The van der Waals surface area contributed by atoms with Crippen LogP contribution in [0.4, 0.5) is 5.69 Å². The number of carbonyl (C=O) groups is 1. The van der Waals surface area contributed by atoms with Gasteiger partial charge in [-0.15, -0.1) is 0 Å². The Labute approximate surface area is 88.3 Å². The molecule has 82 valence electrons. The lowest BCUT2D eigenvalue weighted by Gasteiger charge is -2.21. The van der Waals surface area contributed by atoms with Crippen molar-refractivity contribution >= 4 is 11.7 Å². The fraction of sp³-hybridized carbons (Fsp3) is 0.600. The third kappa shape index (κ3) is 2.11. The normalized spacial score (nSPS) is 20.9. The summed E-state index contributed by atoms with van der Waals surface area (Å²) < 4.78 is 1.46. The molecule has 2 heterocycles. The van der Waals surface area contributed by atoms with Crippen molar-refractivity contribution in [3.8, 4) is 0 Å². The van der Waals surface area contributed by atoms with Crippen LogP contribution in [-0.2, 0) is 11.3 Å². The summed E-state index contributed by atoms with van der Waals surface area (Å²) in [6.07, 6.45) is 5.94. The first kappa shape index (κ1) is 10.0. The van der Waals surface area contributed by atoms with Crippen LogP contribution in [0.3, 0.4) is 0 Å². The molecule has 1 unspecified atom stereocenters. The molecule has 1 aromatic rings. The van der Waals surface area contributed by atoms with E-state index >= 15 is 0 Å². The largest absolute Gasteiger partial charge is 0.480 e. The van der Waals surface area contributed by atoms with E-state index in [4.69, 9.17) is 5.11 Å². The Morgan fingerprint density at radius 1 is 1.73 bits per heavy atom. The predicted molar refractivity (Wildman–Crippen MR) is 55.9 cm³/mol. The van der Waals surface area contributed by atoms with E-state index in [0.29, 0.717) is 6.04 Å². The molecule has 0 saturated carbocycles. The third-order valence-electron chi connectivity index (χ3n) is 2.80. The van der Waals surface area contributed by atoms with Crippen molar-refractivity contribution in [2.45, 2.75) is 32.4 Å². The molecular weight excluding hydrogens is 194 g/mol. The van der Waals surface area contributed by atoms with Crippen molar-refractivity contribution in [2.75, 3.05) is 11.4 Å². The molecule has 0 radical (unpaired) electrons. The summed E-state index contributed by atoms with van der Waals surface area (Å²) >= 11 is 0. The lowest BCUT2D eigenvalue weighted by atomic mass is 10.2. The Bertz CT molecular complexity index is 361. The number of rotatable bonds is 3. The average Bonchev–Trinajstić information content (AvgIpc) is 2.72. The van der Waals surface area contributed by atoms with E-state index in [0.717, 1.165) is 12.2 Å². The number of nitrogens with zero attached hydrogens (tertiary/aromatic N) is 3. The molecule has 1 aromatic heterocycles.